The Bertz CT molecular complexity index is 978. The van der Waals surface area contributed by atoms with Gasteiger partial charge in [-0.2, -0.15) is 0 Å². The molecular weight excluding hydrogens is 422 g/mol. The number of ether oxygens (including phenoxy) is 3. The molecule has 0 saturated carbocycles. The van der Waals surface area contributed by atoms with Crippen LogP contribution in [0.1, 0.15) is 11.1 Å². The average Bonchev–Trinajstić information content (AvgIpc) is 3.06. The molecular formula is C22H18BrNO4. The van der Waals surface area contributed by atoms with E-state index in [9.17, 15) is 4.79 Å². The molecule has 142 valence electrons. The summed E-state index contributed by atoms with van der Waals surface area (Å²) in [5, 5.41) is 0. The molecule has 0 amide bonds. The largest absolute Gasteiger partial charge is 0.486 e. The van der Waals surface area contributed by atoms with E-state index in [1.54, 1.807) is 30.4 Å². The van der Waals surface area contributed by atoms with Gasteiger partial charge in [-0.15, -0.1) is 0 Å². The third-order valence-electron chi connectivity index (χ3n) is 3.71. The van der Waals surface area contributed by atoms with Crippen LogP contribution in [-0.4, -0.2) is 25.1 Å². The normalized spacial score (nSPS) is 14.4. The highest BCUT2D eigenvalue weighted by atomic mass is 79.9. The maximum Gasteiger partial charge on any atom is 0.363 e. The lowest BCUT2D eigenvalue weighted by Gasteiger charge is -2.11. The van der Waals surface area contributed by atoms with Gasteiger partial charge in [0.15, 0.2) is 17.2 Å². The number of hydrogen-bond donors (Lipinski definition) is 0. The number of benzene rings is 2. The molecule has 0 unspecified atom stereocenters. The number of aliphatic imine (C=N–C) groups is 1. The number of nitrogens with zero attached hydrogens (tertiary/aromatic N) is 1. The zero-order chi connectivity index (χ0) is 19.9. The van der Waals surface area contributed by atoms with Crippen molar-refractivity contribution in [1.82, 2.24) is 0 Å². The molecule has 5 nitrogen and oxygen atoms in total. The number of halogens is 1. The van der Waals surface area contributed by atoms with Crippen LogP contribution in [-0.2, 0) is 9.53 Å². The summed E-state index contributed by atoms with van der Waals surface area (Å²) in [6.45, 7) is 7.98. The number of carbonyl (C=O) groups is 1. The van der Waals surface area contributed by atoms with Crippen molar-refractivity contribution in [3.05, 3.63) is 89.1 Å². The molecule has 28 heavy (non-hydrogen) atoms. The molecule has 0 fully saturated rings. The molecule has 0 atom stereocenters. The summed E-state index contributed by atoms with van der Waals surface area (Å²) in [6, 6.07) is 12.8. The van der Waals surface area contributed by atoms with E-state index in [1.807, 2.05) is 30.3 Å². The summed E-state index contributed by atoms with van der Waals surface area (Å²) in [5.41, 5.74) is 1.65. The Morgan fingerprint density at radius 2 is 1.75 bits per heavy atom. The lowest BCUT2D eigenvalue weighted by atomic mass is 10.1. The second-order valence-corrected chi connectivity index (χ2v) is 6.58. The van der Waals surface area contributed by atoms with Crippen molar-refractivity contribution in [3.63, 3.8) is 0 Å². The highest BCUT2D eigenvalue weighted by Crippen LogP contribution is 2.30. The maximum atomic E-state index is 12.2. The summed E-state index contributed by atoms with van der Waals surface area (Å²) in [7, 11) is 0. The molecule has 0 radical (unpaired) electrons. The minimum atomic E-state index is -0.508. The summed E-state index contributed by atoms with van der Waals surface area (Å²) in [5.74, 6) is 0.872. The molecule has 0 N–H and O–H groups in total. The van der Waals surface area contributed by atoms with Gasteiger partial charge in [-0.3, -0.25) is 0 Å². The molecule has 0 saturated heterocycles. The lowest BCUT2D eigenvalue weighted by Crippen LogP contribution is -2.05. The first-order valence-electron chi connectivity index (χ1n) is 8.51. The van der Waals surface area contributed by atoms with E-state index in [1.165, 1.54) is 0 Å². The Balaban J connectivity index is 1.91. The molecule has 0 aliphatic carbocycles. The molecule has 0 bridgehead atoms. The van der Waals surface area contributed by atoms with Crippen molar-refractivity contribution in [2.45, 2.75) is 0 Å². The molecule has 1 heterocycles. The van der Waals surface area contributed by atoms with Gasteiger partial charge in [0.25, 0.3) is 0 Å². The van der Waals surface area contributed by atoms with Gasteiger partial charge in [-0.25, -0.2) is 9.79 Å². The van der Waals surface area contributed by atoms with Crippen LogP contribution in [0.2, 0.25) is 0 Å². The molecule has 3 rings (SSSR count). The summed E-state index contributed by atoms with van der Waals surface area (Å²) in [6.07, 6.45) is 4.94. The lowest BCUT2D eigenvalue weighted by molar-refractivity contribution is -0.129. The molecule has 0 aromatic heterocycles. The first-order valence-corrected chi connectivity index (χ1v) is 9.30. The van der Waals surface area contributed by atoms with E-state index >= 15 is 0 Å². The summed E-state index contributed by atoms with van der Waals surface area (Å²) >= 11 is 3.44. The number of rotatable bonds is 8. The van der Waals surface area contributed by atoms with Gasteiger partial charge in [0.1, 0.15) is 13.2 Å². The van der Waals surface area contributed by atoms with Gasteiger partial charge in [-0.1, -0.05) is 43.5 Å². The molecule has 0 spiro atoms. The zero-order valence-electron chi connectivity index (χ0n) is 15.1. The third kappa shape index (κ3) is 4.58. The molecule has 2 aromatic carbocycles. The van der Waals surface area contributed by atoms with Crippen LogP contribution >= 0.6 is 15.9 Å². The average molecular weight is 440 g/mol. The summed E-state index contributed by atoms with van der Waals surface area (Å²) in [4.78, 5) is 16.6. The minimum Gasteiger partial charge on any atom is -0.486 e. The van der Waals surface area contributed by atoms with Crippen LogP contribution < -0.4 is 9.47 Å². The van der Waals surface area contributed by atoms with Gasteiger partial charge in [0, 0.05) is 4.47 Å². The highest BCUT2D eigenvalue weighted by molar-refractivity contribution is 9.10. The summed E-state index contributed by atoms with van der Waals surface area (Å²) < 4.78 is 17.4. The molecule has 2 aromatic rings. The predicted molar refractivity (Wildman–Crippen MR) is 113 cm³/mol. The van der Waals surface area contributed by atoms with Crippen molar-refractivity contribution in [2.24, 2.45) is 4.99 Å². The van der Waals surface area contributed by atoms with Crippen LogP contribution in [0.15, 0.2) is 82.9 Å². The maximum absolute atomic E-state index is 12.2. The van der Waals surface area contributed by atoms with Crippen molar-refractivity contribution >= 4 is 33.9 Å². The van der Waals surface area contributed by atoms with Crippen molar-refractivity contribution in [3.8, 4) is 11.5 Å². The van der Waals surface area contributed by atoms with Gasteiger partial charge in [-0.05, 0) is 51.8 Å². The van der Waals surface area contributed by atoms with Gasteiger partial charge in [0.05, 0.1) is 5.56 Å². The molecule has 1 aliphatic heterocycles. The van der Waals surface area contributed by atoms with Gasteiger partial charge < -0.3 is 14.2 Å². The van der Waals surface area contributed by atoms with Gasteiger partial charge in [0.2, 0.25) is 5.90 Å². The second kappa shape index (κ2) is 9.19. The van der Waals surface area contributed by atoms with E-state index in [0.29, 0.717) is 30.3 Å². The Kier molecular flexibility index (Phi) is 6.45. The zero-order valence-corrected chi connectivity index (χ0v) is 16.6. The SMILES string of the molecule is C=CCOc1ccc(/C=C2\N=C(c3ccccc3Br)OC2=O)cc1OCC=C. The fraction of sp³-hybridized carbons (Fsp3) is 0.0909. The monoisotopic (exact) mass is 439 g/mol. The number of carbonyl (C=O) groups excluding carboxylic acids is 1. The fourth-order valence-corrected chi connectivity index (χ4v) is 2.92. The first kappa shape index (κ1) is 19.6. The number of hydrogen-bond acceptors (Lipinski definition) is 5. The minimum absolute atomic E-state index is 0.209. The van der Waals surface area contributed by atoms with Crippen molar-refractivity contribution in [1.29, 1.82) is 0 Å². The standard InChI is InChI=1S/C22H18BrNO4/c1-3-11-26-19-10-9-15(14-20(19)27-12-4-2)13-18-22(25)28-21(24-18)16-7-5-6-8-17(16)23/h3-10,13-14H,1-2,11-12H2/b18-13-. The van der Waals surface area contributed by atoms with Crippen LogP contribution in [0.25, 0.3) is 6.08 Å². The van der Waals surface area contributed by atoms with Crippen LogP contribution in [0.4, 0.5) is 0 Å². The number of cyclic esters (lactones) is 1. The number of esters is 1. The predicted octanol–water partition coefficient (Wildman–Crippen LogP) is 4.92. The Labute approximate surface area is 171 Å². The van der Waals surface area contributed by atoms with Crippen molar-refractivity contribution < 1.29 is 19.0 Å². The fourth-order valence-electron chi connectivity index (χ4n) is 2.46. The van der Waals surface area contributed by atoms with E-state index < -0.39 is 5.97 Å². The van der Waals surface area contributed by atoms with Crippen LogP contribution in [0, 0.1) is 0 Å². The van der Waals surface area contributed by atoms with E-state index in [2.05, 4.69) is 34.1 Å². The van der Waals surface area contributed by atoms with Crippen LogP contribution in [0.3, 0.4) is 0 Å². The molecule has 6 heteroatoms. The quantitative estimate of drug-likeness (QED) is 0.332. The van der Waals surface area contributed by atoms with Gasteiger partial charge >= 0.3 is 5.97 Å². The topological polar surface area (TPSA) is 57.1 Å². The highest BCUT2D eigenvalue weighted by Gasteiger charge is 2.25. The van der Waals surface area contributed by atoms with E-state index in [0.717, 1.165) is 10.0 Å². The Morgan fingerprint density at radius 1 is 1.04 bits per heavy atom. The second-order valence-electron chi connectivity index (χ2n) is 5.72. The van der Waals surface area contributed by atoms with E-state index in [4.69, 9.17) is 14.2 Å². The Morgan fingerprint density at radius 3 is 2.46 bits per heavy atom. The smallest absolute Gasteiger partial charge is 0.363 e. The van der Waals surface area contributed by atoms with E-state index in [-0.39, 0.29) is 11.6 Å². The van der Waals surface area contributed by atoms with Crippen molar-refractivity contribution in [2.75, 3.05) is 13.2 Å². The third-order valence-corrected chi connectivity index (χ3v) is 4.40. The first-order chi connectivity index (χ1) is 13.6. The molecule has 1 aliphatic rings. The Hall–Kier alpha value is -3.12. The van der Waals surface area contributed by atoms with Crippen LogP contribution in [0.5, 0.6) is 11.5 Å².